The molecule has 0 radical (unpaired) electrons. The minimum atomic E-state index is -1.31. The van der Waals surface area contributed by atoms with Crippen LogP contribution in [0.4, 0.5) is 10.5 Å². The van der Waals surface area contributed by atoms with Crippen LogP contribution in [0.15, 0.2) is 57.9 Å². The van der Waals surface area contributed by atoms with Crippen molar-refractivity contribution in [2.24, 2.45) is 0 Å². The largest absolute Gasteiger partial charge is 0.511 e. The molecule has 188 valence electrons. The number of ether oxygens (including phenoxy) is 2. The highest BCUT2D eigenvalue weighted by molar-refractivity contribution is 5.85. The maximum absolute atomic E-state index is 11.5. The lowest BCUT2D eigenvalue weighted by molar-refractivity contribution is 0.144. The fourth-order valence-corrected chi connectivity index (χ4v) is 4.90. The number of carboxylic acid groups (broad SMARTS) is 1. The number of H-pyrrole nitrogens is 1. The van der Waals surface area contributed by atoms with E-state index in [-0.39, 0.29) is 5.63 Å². The van der Waals surface area contributed by atoms with Crippen LogP contribution < -0.4 is 20.0 Å². The van der Waals surface area contributed by atoms with Gasteiger partial charge >= 0.3 is 11.8 Å². The second-order valence-corrected chi connectivity index (χ2v) is 8.99. The summed E-state index contributed by atoms with van der Waals surface area (Å²) in [6.07, 6.45) is 3.82. The van der Waals surface area contributed by atoms with E-state index in [4.69, 9.17) is 19.0 Å². The number of aromatic nitrogens is 1. The number of piperazine rings is 1. The smallest absolute Gasteiger partial charge is 0.494 e. The van der Waals surface area contributed by atoms with E-state index in [0.29, 0.717) is 17.1 Å². The molecule has 0 aliphatic carbocycles. The van der Waals surface area contributed by atoms with Crippen LogP contribution in [0.5, 0.6) is 11.5 Å². The van der Waals surface area contributed by atoms with Gasteiger partial charge in [-0.3, -0.25) is 4.90 Å². The second-order valence-electron chi connectivity index (χ2n) is 8.99. The first kappa shape index (κ1) is 23.7. The van der Waals surface area contributed by atoms with Gasteiger partial charge in [0.15, 0.2) is 0 Å². The topological polar surface area (TPSA) is 108 Å². The molecule has 0 spiro atoms. The molecule has 0 bridgehead atoms. The Balaban J connectivity index is 1.12. The summed E-state index contributed by atoms with van der Waals surface area (Å²) in [7, 11) is 1.64. The molecule has 3 heterocycles. The average Bonchev–Trinajstić information content (AvgIpc) is 3.28. The average molecular weight is 492 g/mol. The summed E-state index contributed by atoms with van der Waals surface area (Å²) in [6.45, 7) is 4.81. The molecule has 36 heavy (non-hydrogen) atoms. The number of unbranched alkanes of at least 4 members (excludes halogenated alkanes) is 1. The Morgan fingerprint density at radius 3 is 2.69 bits per heavy atom. The molecule has 9 nitrogen and oxygen atoms in total. The minimum Gasteiger partial charge on any atom is -0.494 e. The molecule has 2 aromatic heterocycles. The van der Waals surface area contributed by atoms with Crippen molar-refractivity contribution in [3.63, 3.8) is 0 Å². The fourth-order valence-electron chi connectivity index (χ4n) is 4.90. The van der Waals surface area contributed by atoms with Crippen LogP contribution in [0.2, 0.25) is 0 Å². The van der Waals surface area contributed by atoms with Crippen molar-refractivity contribution >= 4 is 33.7 Å². The van der Waals surface area contributed by atoms with Gasteiger partial charge in [0.1, 0.15) is 17.1 Å². The molecule has 1 aliphatic rings. The lowest BCUT2D eigenvalue weighted by atomic mass is 10.1. The van der Waals surface area contributed by atoms with Crippen LogP contribution in [0, 0.1) is 0 Å². The maximum Gasteiger partial charge on any atom is 0.511 e. The van der Waals surface area contributed by atoms with Crippen molar-refractivity contribution in [3.05, 3.63) is 64.6 Å². The van der Waals surface area contributed by atoms with Crippen molar-refractivity contribution in [1.82, 2.24) is 9.88 Å². The quantitative estimate of drug-likeness (QED) is 0.161. The molecule has 4 aromatic rings. The van der Waals surface area contributed by atoms with Gasteiger partial charge < -0.3 is 28.9 Å². The van der Waals surface area contributed by atoms with Crippen LogP contribution in [0.1, 0.15) is 18.4 Å². The van der Waals surface area contributed by atoms with E-state index in [0.717, 1.165) is 74.0 Å². The van der Waals surface area contributed by atoms with Crippen molar-refractivity contribution in [2.45, 2.75) is 19.3 Å². The number of benzene rings is 2. The van der Waals surface area contributed by atoms with Crippen molar-refractivity contribution in [3.8, 4) is 11.5 Å². The number of aromatic amines is 1. The minimum absolute atomic E-state index is 0.315. The Kier molecular flexibility index (Phi) is 6.81. The number of nitrogens with zero attached hydrogens (tertiary/aromatic N) is 2. The van der Waals surface area contributed by atoms with Gasteiger partial charge in [-0.15, -0.1) is 0 Å². The van der Waals surface area contributed by atoms with Crippen LogP contribution in [-0.4, -0.2) is 61.0 Å². The fraction of sp³-hybridized carbons (Fsp3) is 0.333. The summed E-state index contributed by atoms with van der Waals surface area (Å²) < 4.78 is 15.6. The predicted octanol–water partition coefficient (Wildman–Crippen LogP) is 4.48. The van der Waals surface area contributed by atoms with Crippen LogP contribution in [0.3, 0.4) is 0 Å². The standard InChI is InChI=1S/C27H29N3O6/c1-34-25-16-24-18(5-8-26(31)36-24)14-23(25)30-12-10-29(11-13-30)9-3-2-4-19-17-28-22-15-20(35-27(32)33)6-7-21(19)22/h5-8,14-17,28H,2-4,9-13H2,1H3,(H,32,33). The zero-order valence-corrected chi connectivity index (χ0v) is 20.2. The number of aryl methyl sites for hydroxylation is 1. The lowest BCUT2D eigenvalue weighted by Crippen LogP contribution is -2.46. The molecule has 2 N–H and O–H groups in total. The molecule has 5 rings (SSSR count). The molecule has 0 saturated carbocycles. The Morgan fingerprint density at radius 2 is 1.92 bits per heavy atom. The van der Waals surface area contributed by atoms with Crippen molar-refractivity contribution in [1.29, 1.82) is 0 Å². The number of carbonyl (C=O) groups is 1. The van der Waals surface area contributed by atoms with Gasteiger partial charge in [-0.1, -0.05) is 0 Å². The zero-order chi connectivity index (χ0) is 25.1. The van der Waals surface area contributed by atoms with E-state index in [1.165, 1.54) is 11.6 Å². The van der Waals surface area contributed by atoms with Gasteiger partial charge in [-0.2, -0.15) is 0 Å². The predicted molar refractivity (Wildman–Crippen MR) is 138 cm³/mol. The highest BCUT2D eigenvalue weighted by Crippen LogP contribution is 2.33. The van der Waals surface area contributed by atoms with Gasteiger partial charge in [0.05, 0.1) is 12.8 Å². The van der Waals surface area contributed by atoms with E-state index < -0.39 is 6.16 Å². The molecular formula is C27H29N3O6. The number of hydrogen-bond donors (Lipinski definition) is 2. The van der Waals surface area contributed by atoms with Crippen LogP contribution >= 0.6 is 0 Å². The third-order valence-corrected chi connectivity index (χ3v) is 6.75. The molecule has 9 heteroatoms. The first-order valence-electron chi connectivity index (χ1n) is 12.1. The molecule has 0 amide bonds. The summed E-state index contributed by atoms with van der Waals surface area (Å²) in [5.41, 5.74) is 3.30. The van der Waals surface area contributed by atoms with Gasteiger partial charge in [-0.25, -0.2) is 9.59 Å². The monoisotopic (exact) mass is 491 g/mol. The van der Waals surface area contributed by atoms with E-state index in [2.05, 4.69) is 14.8 Å². The number of nitrogens with one attached hydrogen (secondary N) is 1. The first-order chi connectivity index (χ1) is 17.5. The number of hydrogen-bond acceptors (Lipinski definition) is 7. The first-order valence-corrected chi connectivity index (χ1v) is 12.1. The molecule has 1 aliphatic heterocycles. The highest BCUT2D eigenvalue weighted by atomic mass is 16.7. The second kappa shape index (κ2) is 10.3. The van der Waals surface area contributed by atoms with Gasteiger partial charge in [0.2, 0.25) is 0 Å². The SMILES string of the molecule is COc1cc2oc(=O)ccc2cc1N1CCN(CCCCc2c[nH]c3cc(OC(=O)O)ccc23)CC1. The summed E-state index contributed by atoms with van der Waals surface area (Å²) >= 11 is 0. The van der Waals surface area contributed by atoms with Gasteiger partial charge in [0, 0.05) is 66.9 Å². The van der Waals surface area contributed by atoms with Gasteiger partial charge in [0.25, 0.3) is 0 Å². The molecule has 1 saturated heterocycles. The number of fused-ring (bicyclic) bond motifs is 2. The van der Waals surface area contributed by atoms with Crippen molar-refractivity contribution < 1.29 is 23.8 Å². The summed E-state index contributed by atoms with van der Waals surface area (Å²) in [5.74, 6) is 1.03. The maximum atomic E-state index is 11.5. The van der Waals surface area contributed by atoms with E-state index >= 15 is 0 Å². The third kappa shape index (κ3) is 5.16. The highest BCUT2D eigenvalue weighted by Gasteiger charge is 2.20. The number of rotatable bonds is 8. The van der Waals surface area contributed by atoms with Crippen molar-refractivity contribution in [2.75, 3.05) is 44.7 Å². The molecular weight excluding hydrogens is 462 g/mol. The summed E-state index contributed by atoms with van der Waals surface area (Å²) in [4.78, 5) is 30.3. The number of anilines is 1. The van der Waals surface area contributed by atoms with E-state index in [1.54, 1.807) is 31.4 Å². The zero-order valence-electron chi connectivity index (χ0n) is 20.2. The molecule has 2 aromatic carbocycles. The van der Waals surface area contributed by atoms with E-state index in [9.17, 15) is 9.59 Å². The van der Waals surface area contributed by atoms with Crippen LogP contribution in [0.25, 0.3) is 21.9 Å². The van der Waals surface area contributed by atoms with E-state index in [1.807, 2.05) is 18.3 Å². The third-order valence-electron chi connectivity index (χ3n) is 6.75. The Morgan fingerprint density at radius 1 is 1.08 bits per heavy atom. The Labute approximate surface area is 207 Å². The summed E-state index contributed by atoms with van der Waals surface area (Å²) in [6, 6.07) is 12.4. The Hall–Kier alpha value is -3.98. The van der Waals surface area contributed by atoms with Gasteiger partial charge in [-0.05, 0) is 55.6 Å². The molecule has 0 unspecified atom stereocenters. The molecule has 0 atom stereocenters. The number of methoxy groups -OCH3 is 1. The lowest BCUT2D eigenvalue weighted by Gasteiger charge is -2.36. The molecule has 1 fully saturated rings. The normalized spacial score (nSPS) is 14.4. The van der Waals surface area contributed by atoms with Crippen LogP contribution in [-0.2, 0) is 6.42 Å². The summed E-state index contributed by atoms with van der Waals surface area (Å²) in [5, 5.41) is 10.8. The Bertz CT molecular complexity index is 1430.